The van der Waals surface area contributed by atoms with Crippen LogP contribution in [-0.2, 0) is 6.54 Å². The van der Waals surface area contributed by atoms with Crippen LogP contribution in [0, 0.1) is 0 Å². The molecular weight excluding hydrogens is 380 g/mol. The lowest BCUT2D eigenvalue weighted by atomic mass is 9.94. The molecule has 1 fully saturated rings. The second kappa shape index (κ2) is 9.26. The molecule has 0 bridgehead atoms. The number of ether oxygens (including phenoxy) is 1. The molecular formula is C23H28N4O3. The summed E-state index contributed by atoms with van der Waals surface area (Å²) in [5.41, 5.74) is 2.88. The third kappa shape index (κ3) is 4.62. The molecule has 1 atom stereocenters. The number of methoxy groups -OCH3 is 1. The summed E-state index contributed by atoms with van der Waals surface area (Å²) in [5.74, 6) is 1.20. The molecule has 1 aliphatic rings. The lowest BCUT2D eigenvalue weighted by Crippen LogP contribution is -2.34. The Morgan fingerprint density at radius 2 is 2.20 bits per heavy atom. The number of benzene rings is 1. The highest BCUT2D eigenvalue weighted by Crippen LogP contribution is 2.28. The van der Waals surface area contributed by atoms with Gasteiger partial charge in [0.2, 0.25) is 5.76 Å². The summed E-state index contributed by atoms with van der Waals surface area (Å²) in [5, 5.41) is 8.08. The Kier molecular flexibility index (Phi) is 6.28. The molecule has 7 heteroatoms. The van der Waals surface area contributed by atoms with Crippen molar-refractivity contribution < 1.29 is 14.1 Å². The zero-order valence-electron chi connectivity index (χ0n) is 17.6. The number of nitrogens with one attached hydrogen (secondary N) is 1. The van der Waals surface area contributed by atoms with E-state index in [-0.39, 0.29) is 11.8 Å². The molecule has 1 saturated heterocycles. The molecule has 1 aromatic carbocycles. The Labute approximate surface area is 176 Å². The van der Waals surface area contributed by atoms with E-state index >= 15 is 0 Å². The van der Waals surface area contributed by atoms with Crippen molar-refractivity contribution in [3.05, 3.63) is 53.5 Å². The maximum Gasteiger partial charge on any atom is 0.289 e. The average molecular weight is 409 g/mol. The molecule has 0 unspecified atom stereocenters. The summed E-state index contributed by atoms with van der Waals surface area (Å²) in [6.45, 7) is 5.35. The molecule has 2 aromatic heterocycles. The van der Waals surface area contributed by atoms with Gasteiger partial charge in [-0.3, -0.25) is 14.7 Å². The van der Waals surface area contributed by atoms with Crippen LogP contribution in [-0.4, -0.2) is 47.7 Å². The van der Waals surface area contributed by atoms with Gasteiger partial charge in [0, 0.05) is 37.0 Å². The topological polar surface area (TPSA) is 80.5 Å². The van der Waals surface area contributed by atoms with Crippen molar-refractivity contribution in [1.82, 2.24) is 20.4 Å². The Hall–Kier alpha value is -2.93. The standard InChI is InChI=1S/C23H28N4O3/c1-3-10-24-23(28)22-13-21(26-30-22)17-5-4-11-27(14-17)15-18-7-6-16-12-19(29-2)8-9-20(16)25-18/h6-9,12-13,17H,3-5,10-11,14-15H2,1-2H3,(H,24,28)/t17-/m0/s1. The minimum atomic E-state index is -0.194. The van der Waals surface area contributed by atoms with Crippen LogP contribution in [0.2, 0.25) is 0 Å². The highest BCUT2D eigenvalue weighted by atomic mass is 16.5. The van der Waals surface area contributed by atoms with E-state index in [1.165, 1.54) is 0 Å². The van der Waals surface area contributed by atoms with Crippen LogP contribution >= 0.6 is 0 Å². The monoisotopic (exact) mass is 408 g/mol. The molecule has 0 saturated carbocycles. The van der Waals surface area contributed by atoms with E-state index in [9.17, 15) is 4.79 Å². The van der Waals surface area contributed by atoms with Gasteiger partial charge in [-0.25, -0.2) is 0 Å². The van der Waals surface area contributed by atoms with Gasteiger partial charge in [-0.1, -0.05) is 18.1 Å². The maximum absolute atomic E-state index is 12.1. The fraction of sp³-hybridized carbons (Fsp3) is 0.435. The van der Waals surface area contributed by atoms with Crippen molar-refractivity contribution in [2.75, 3.05) is 26.7 Å². The predicted octanol–water partition coefficient (Wildman–Crippen LogP) is 3.75. The first kappa shape index (κ1) is 20.3. The number of hydrogen-bond acceptors (Lipinski definition) is 6. The molecule has 30 heavy (non-hydrogen) atoms. The first-order chi connectivity index (χ1) is 14.7. The van der Waals surface area contributed by atoms with Crippen LogP contribution in [0.5, 0.6) is 5.75 Å². The summed E-state index contributed by atoms with van der Waals surface area (Å²) in [4.78, 5) is 19.3. The summed E-state index contributed by atoms with van der Waals surface area (Å²) in [6.07, 6.45) is 3.02. The predicted molar refractivity (Wildman–Crippen MR) is 115 cm³/mol. The van der Waals surface area contributed by atoms with Crippen molar-refractivity contribution >= 4 is 16.8 Å². The molecule has 1 N–H and O–H groups in total. The number of fused-ring (bicyclic) bond motifs is 1. The molecule has 3 heterocycles. The van der Waals surface area contributed by atoms with Crippen LogP contribution in [0.4, 0.5) is 0 Å². The number of carbonyl (C=O) groups excluding carboxylic acids is 1. The van der Waals surface area contributed by atoms with Crippen LogP contribution in [0.15, 0.2) is 40.9 Å². The number of amides is 1. The number of likely N-dealkylation sites (tertiary alicyclic amines) is 1. The van der Waals surface area contributed by atoms with Gasteiger partial charge in [-0.2, -0.15) is 0 Å². The van der Waals surface area contributed by atoms with Crippen molar-refractivity contribution in [2.24, 2.45) is 0 Å². The molecule has 1 aliphatic heterocycles. The quantitative estimate of drug-likeness (QED) is 0.641. The molecule has 4 rings (SSSR count). The van der Waals surface area contributed by atoms with Gasteiger partial charge in [0.05, 0.1) is 24.0 Å². The smallest absolute Gasteiger partial charge is 0.289 e. The minimum absolute atomic E-state index is 0.194. The molecule has 1 amide bonds. The van der Waals surface area contributed by atoms with Crippen LogP contribution in [0.25, 0.3) is 10.9 Å². The second-order valence-corrected chi connectivity index (χ2v) is 7.81. The third-order valence-electron chi connectivity index (χ3n) is 5.55. The maximum atomic E-state index is 12.1. The van der Waals surface area contributed by atoms with E-state index in [2.05, 4.69) is 27.5 Å². The zero-order chi connectivity index (χ0) is 20.9. The van der Waals surface area contributed by atoms with Crippen LogP contribution < -0.4 is 10.1 Å². The van der Waals surface area contributed by atoms with Gasteiger partial charge < -0.3 is 14.6 Å². The van der Waals surface area contributed by atoms with Gasteiger partial charge in [-0.15, -0.1) is 0 Å². The van der Waals surface area contributed by atoms with Gasteiger partial charge in [0.25, 0.3) is 5.91 Å². The first-order valence-electron chi connectivity index (χ1n) is 10.6. The van der Waals surface area contributed by atoms with Gasteiger partial charge in [0.1, 0.15) is 5.75 Å². The van der Waals surface area contributed by atoms with E-state index in [1.54, 1.807) is 13.2 Å². The number of carbonyl (C=O) groups is 1. The number of aromatic nitrogens is 2. The highest BCUT2D eigenvalue weighted by Gasteiger charge is 2.25. The second-order valence-electron chi connectivity index (χ2n) is 7.81. The molecule has 0 radical (unpaired) electrons. The normalized spacial score (nSPS) is 17.2. The lowest BCUT2D eigenvalue weighted by Gasteiger charge is -2.31. The fourth-order valence-corrected chi connectivity index (χ4v) is 3.94. The molecule has 158 valence electrons. The average Bonchev–Trinajstić information content (AvgIpc) is 3.28. The van der Waals surface area contributed by atoms with Crippen molar-refractivity contribution in [1.29, 1.82) is 0 Å². The first-order valence-corrected chi connectivity index (χ1v) is 10.6. The van der Waals surface area contributed by atoms with E-state index in [0.717, 1.165) is 66.9 Å². The Bertz CT molecular complexity index is 1020. The lowest BCUT2D eigenvalue weighted by molar-refractivity contribution is 0.0916. The Morgan fingerprint density at radius 1 is 1.30 bits per heavy atom. The number of pyridine rings is 1. The van der Waals surface area contributed by atoms with Gasteiger partial charge in [0.15, 0.2) is 0 Å². The Morgan fingerprint density at radius 3 is 3.03 bits per heavy atom. The van der Waals surface area contributed by atoms with Crippen LogP contribution in [0.1, 0.15) is 54.0 Å². The molecule has 3 aromatic rings. The fourth-order valence-electron chi connectivity index (χ4n) is 3.94. The molecule has 0 spiro atoms. The van der Waals surface area contributed by atoms with E-state index in [4.69, 9.17) is 14.2 Å². The summed E-state index contributed by atoms with van der Waals surface area (Å²) < 4.78 is 10.6. The zero-order valence-corrected chi connectivity index (χ0v) is 17.6. The van der Waals surface area contributed by atoms with Crippen LogP contribution in [0.3, 0.4) is 0 Å². The highest BCUT2D eigenvalue weighted by molar-refractivity contribution is 5.91. The van der Waals surface area contributed by atoms with Crippen molar-refractivity contribution in [2.45, 2.75) is 38.6 Å². The minimum Gasteiger partial charge on any atom is -0.497 e. The summed E-state index contributed by atoms with van der Waals surface area (Å²) in [6, 6.07) is 11.9. The van der Waals surface area contributed by atoms with Crippen molar-refractivity contribution in [3.8, 4) is 5.75 Å². The third-order valence-corrected chi connectivity index (χ3v) is 5.55. The largest absolute Gasteiger partial charge is 0.497 e. The van der Waals surface area contributed by atoms with E-state index < -0.39 is 0 Å². The Balaban J connectivity index is 1.41. The number of nitrogens with zero attached hydrogens (tertiary/aromatic N) is 3. The SMILES string of the molecule is CCCNC(=O)c1cc([C@H]2CCCN(Cc3ccc4cc(OC)ccc4n3)C2)no1. The summed E-state index contributed by atoms with van der Waals surface area (Å²) >= 11 is 0. The molecule has 7 nitrogen and oxygen atoms in total. The summed E-state index contributed by atoms with van der Waals surface area (Å²) in [7, 11) is 1.67. The number of piperidine rings is 1. The van der Waals surface area contributed by atoms with Gasteiger partial charge >= 0.3 is 0 Å². The van der Waals surface area contributed by atoms with Gasteiger partial charge in [-0.05, 0) is 50.1 Å². The molecule has 0 aliphatic carbocycles. The number of hydrogen-bond donors (Lipinski definition) is 1. The van der Waals surface area contributed by atoms with E-state index in [0.29, 0.717) is 12.3 Å². The number of rotatable bonds is 7. The van der Waals surface area contributed by atoms with E-state index in [1.807, 2.05) is 25.1 Å². The van der Waals surface area contributed by atoms with Crippen molar-refractivity contribution in [3.63, 3.8) is 0 Å².